The van der Waals surface area contributed by atoms with Gasteiger partial charge in [-0.2, -0.15) is 5.10 Å². The van der Waals surface area contributed by atoms with Crippen LogP contribution in [0.1, 0.15) is 32.3 Å². The van der Waals surface area contributed by atoms with Crippen LogP contribution in [0.15, 0.2) is 47.7 Å². The molecule has 0 spiro atoms. The summed E-state index contributed by atoms with van der Waals surface area (Å²) in [6.07, 6.45) is 5.75. The van der Waals surface area contributed by atoms with Gasteiger partial charge in [0.25, 0.3) is 0 Å². The Morgan fingerprint density at radius 2 is 2.07 bits per heavy atom. The number of aliphatic imine (C=N–C) groups is 1. The molecule has 1 heterocycles. The third-order valence-corrected chi connectivity index (χ3v) is 4.86. The summed E-state index contributed by atoms with van der Waals surface area (Å²) in [5, 5.41) is 10.9. The number of nitrogens with one attached hydrogen (secondary N) is 2. The van der Waals surface area contributed by atoms with Gasteiger partial charge in [-0.3, -0.25) is 9.67 Å². The molecule has 1 aliphatic carbocycles. The molecule has 1 aromatic carbocycles. The van der Waals surface area contributed by atoms with E-state index in [2.05, 4.69) is 22.7 Å². The zero-order chi connectivity index (χ0) is 18.4. The van der Waals surface area contributed by atoms with Crippen molar-refractivity contribution in [2.45, 2.75) is 38.6 Å². The Bertz CT molecular complexity index is 728. The lowest BCUT2D eigenvalue weighted by molar-refractivity contribution is 0.443. The van der Waals surface area contributed by atoms with Gasteiger partial charge in [-0.25, -0.2) is 4.39 Å². The highest BCUT2D eigenvalue weighted by Crippen LogP contribution is 2.49. The molecule has 1 saturated carbocycles. The molecule has 148 valence electrons. The standard InChI is InChI=1S/C20H28FN5.HI/c1-3-22-19(23-13-16(2)14-26-12-6-11-25-26)24-15-20(9-10-20)17-7-4-5-8-18(17)21;/h4-8,11-12,16H,3,9-10,13-15H2,1-2H3,(H2,22,23,24);1H. The van der Waals surface area contributed by atoms with Crippen molar-refractivity contribution in [1.82, 2.24) is 20.4 Å². The summed E-state index contributed by atoms with van der Waals surface area (Å²) in [7, 11) is 0. The van der Waals surface area contributed by atoms with Crippen molar-refractivity contribution >= 4 is 29.9 Å². The predicted molar refractivity (Wildman–Crippen MR) is 118 cm³/mol. The van der Waals surface area contributed by atoms with Gasteiger partial charge in [0.15, 0.2) is 5.96 Å². The lowest BCUT2D eigenvalue weighted by Crippen LogP contribution is -2.40. The maximum Gasteiger partial charge on any atom is 0.191 e. The highest BCUT2D eigenvalue weighted by Gasteiger charge is 2.45. The maximum absolute atomic E-state index is 14.1. The summed E-state index contributed by atoms with van der Waals surface area (Å²) in [5.41, 5.74) is 0.667. The Labute approximate surface area is 177 Å². The minimum Gasteiger partial charge on any atom is -0.357 e. The summed E-state index contributed by atoms with van der Waals surface area (Å²) in [5.74, 6) is 1.09. The van der Waals surface area contributed by atoms with Crippen molar-refractivity contribution in [3.8, 4) is 0 Å². The number of hydrogen-bond acceptors (Lipinski definition) is 2. The van der Waals surface area contributed by atoms with Gasteiger partial charge in [0.2, 0.25) is 0 Å². The van der Waals surface area contributed by atoms with Crippen LogP contribution in [-0.2, 0) is 12.0 Å². The third-order valence-electron chi connectivity index (χ3n) is 4.86. The smallest absolute Gasteiger partial charge is 0.191 e. The van der Waals surface area contributed by atoms with Crippen LogP contribution < -0.4 is 10.6 Å². The molecular formula is C20H29FIN5. The first kappa shape index (κ1) is 21.7. The van der Waals surface area contributed by atoms with Crippen LogP contribution in [0.4, 0.5) is 4.39 Å². The van der Waals surface area contributed by atoms with E-state index in [1.54, 1.807) is 18.3 Å². The lowest BCUT2D eigenvalue weighted by atomic mass is 9.95. The summed E-state index contributed by atoms with van der Waals surface area (Å²) in [4.78, 5) is 4.74. The summed E-state index contributed by atoms with van der Waals surface area (Å²) < 4.78 is 16.1. The molecule has 2 aromatic rings. The average Bonchev–Trinajstić information content (AvgIpc) is 3.25. The second kappa shape index (κ2) is 10.1. The Morgan fingerprint density at radius 1 is 1.30 bits per heavy atom. The Balaban J connectivity index is 0.00000261. The second-order valence-corrected chi connectivity index (χ2v) is 7.17. The fourth-order valence-corrected chi connectivity index (χ4v) is 3.19. The van der Waals surface area contributed by atoms with E-state index in [-0.39, 0.29) is 35.2 Å². The van der Waals surface area contributed by atoms with E-state index >= 15 is 0 Å². The van der Waals surface area contributed by atoms with Gasteiger partial charge >= 0.3 is 0 Å². The van der Waals surface area contributed by atoms with Crippen LogP contribution in [0.25, 0.3) is 0 Å². The lowest BCUT2D eigenvalue weighted by Gasteiger charge is -2.18. The van der Waals surface area contributed by atoms with Gasteiger partial charge in [-0.15, -0.1) is 24.0 Å². The number of guanidine groups is 1. The third kappa shape index (κ3) is 5.92. The summed E-state index contributed by atoms with van der Waals surface area (Å²) in [6, 6.07) is 9.01. The molecule has 1 aliphatic rings. The molecule has 2 N–H and O–H groups in total. The van der Waals surface area contributed by atoms with E-state index in [4.69, 9.17) is 4.99 Å². The predicted octanol–water partition coefficient (Wildman–Crippen LogP) is 3.56. The van der Waals surface area contributed by atoms with Crippen molar-refractivity contribution in [2.75, 3.05) is 19.6 Å². The molecule has 3 rings (SSSR count). The number of halogens is 2. The molecule has 1 atom stereocenters. The number of rotatable bonds is 8. The van der Waals surface area contributed by atoms with Crippen molar-refractivity contribution in [2.24, 2.45) is 10.9 Å². The van der Waals surface area contributed by atoms with E-state index in [9.17, 15) is 4.39 Å². The monoisotopic (exact) mass is 485 g/mol. The van der Waals surface area contributed by atoms with Crippen LogP contribution >= 0.6 is 24.0 Å². The van der Waals surface area contributed by atoms with Crippen LogP contribution in [0, 0.1) is 11.7 Å². The minimum absolute atomic E-state index is 0. The van der Waals surface area contributed by atoms with Gasteiger partial charge in [0.1, 0.15) is 5.82 Å². The molecule has 1 unspecified atom stereocenters. The van der Waals surface area contributed by atoms with Crippen molar-refractivity contribution in [3.05, 3.63) is 54.1 Å². The quantitative estimate of drug-likeness (QED) is 0.342. The van der Waals surface area contributed by atoms with Gasteiger partial charge in [0.05, 0.1) is 6.54 Å². The van der Waals surface area contributed by atoms with Crippen molar-refractivity contribution in [1.29, 1.82) is 0 Å². The van der Waals surface area contributed by atoms with Crippen LogP contribution in [-0.4, -0.2) is 35.4 Å². The van der Waals surface area contributed by atoms with Gasteiger partial charge in [-0.1, -0.05) is 25.1 Å². The molecule has 0 amide bonds. The van der Waals surface area contributed by atoms with Crippen molar-refractivity contribution < 1.29 is 4.39 Å². The highest BCUT2D eigenvalue weighted by molar-refractivity contribution is 14.0. The first-order chi connectivity index (χ1) is 12.6. The number of aromatic nitrogens is 2. The van der Waals surface area contributed by atoms with Crippen LogP contribution in [0.2, 0.25) is 0 Å². The number of hydrogen-bond donors (Lipinski definition) is 2. The molecule has 0 bridgehead atoms. The average molecular weight is 485 g/mol. The van der Waals surface area contributed by atoms with Crippen LogP contribution in [0.3, 0.4) is 0 Å². The fourth-order valence-electron chi connectivity index (χ4n) is 3.19. The van der Waals surface area contributed by atoms with E-state index in [1.807, 2.05) is 36.0 Å². The first-order valence-electron chi connectivity index (χ1n) is 9.37. The molecule has 0 radical (unpaired) electrons. The zero-order valence-corrected chi connectivity index (χ0v) is 18.3. The van der Waals surface area contributed by atoms with Crippen LogP contribution in [0.5, 0.6) is 0 Å². The molecule has 0 saturated heterocycles. The number of benzene rings is 1. The normalized spacial score (nSPS) is 16.3. The molecule has 7 heteroatoms. The second-order valence-electron chi connectivity index (χ2n) is 7.17. The van der Waals surface area contributed by atoms with E-state index < -0.39 is 0 Å². The maximum atomic E-state index is 14.1. The SMILES string of the molecule is CCNC(=NCC1(c2ccccc2F)CC1)NCC(C)Cn1cccn1.I. The fraction of sp³-hybridized carbons (Fsp3) is 0.500. The Kier molecular flexibility index (Phi) is 8.07. The van der Waals surface area contributed by atoms with Gasteiger partial charge in [-0.05, 0) is 43.4 Å². The molecule has 1 aromatic heterocycles. The van der Waals surface area contributed by atoms with Gasteiger partial charge in [0, 0.05) is 37.4 Å². The Hall–Kier alpha value is -1.64. The molecule has 27 heavy (non-hydrogen) atoms. The van der Waals surface area contributed by atoms with E-state index in [0.29, 0.717) is 12.5 Å². The summed E-state index contributed by atoms with van der Waals surface area (Å²) in [6.45, 7) is 7.30. The number of nitrogens with zero attached hydrogens (tertiary/aromatic N) is 3. The molecule has 1 fully saturated rings. The summed E-state index contributed by atoms with van der Waals surface area (Å²) >= 11 is 0. The van der Waals surface area contributed by atoms with Gasteiger partial charge < -0.3 is 10.6 Å². The molecular weight excluding hydrogens is 456 g/mol. The van der Waals surface area contributed by atoms with E-state index in [1.165, 1.54) is 0 Å². The highest BCUT2D eigenvalue weighted by atomic mass is 127. The zero-order valence-electron chi connectivity index (χ0n) is 16.0. The Morgan fingerprint density at radius 3 is 2.70 bits per heavy atom. The largest absolute Gasteiger partial charge is 0.357 e. The minimum atomic E-state index is -0.131. The first-order valence-corrected chi connectivity index (χ1v) is 9.37. The van der Waals surface area contributed by atoms with Crippen molar-refractivity contribution in [3.63, 3.8) is 0 Å². The topological polar surface area (TPSA) is 54.2 Å². The van der Waals surface area contributed by atoms with E-state index in [0.717, 1.165) is 44.0 Å². The molecule has 0 aliphatic heterocycles. The molecule has 5 nitrogen and oxygen atoms in total.